The molecule has 0 aliphatic carbocycles. The Morgan fingerprint density at radius 1 is 1.53 bits per heavy atom. The van der Waals surface area contributed by atoms with Crippen LogP contribution in [0.3, 0.4) is 0 Å². The van der Waals surface area contributed by atoms with Crippen molar-refractivity contribution in [2.45, 2.75) is 44.8 Å². The van der Waals surface area contributed by atoms with Crippen molar-refractivity contribution in [3.05, 3.63) is 0 Å². The molecule has 2 rings (SSSR count). The number of rotatable bonds is 6. The van der Waals surface area contributed by atoms with Gasteiger partial charge < -0.3 is 14.8 Å². The van der Waals surface area contributed by atoms with Gasteiger partial charge in [-0.25, -0.2) is 0 Å². The van der Waals surface area contributed by atoms with Gasteiger partial charge in [0, 0.05) is 26.2 Å². The Kier molecular flexibility index (Phi) is 6.07. The first-order valence-electron chi connectivity index (χ1n) is 7.54. The molecule has 110 valence electrons. The molecule has 2 aliphatic heterocycles. The van der Waals surface area contributed by atoms with E-state index in [1.165, 1.54) is 12.8 Å². The summed E-state index contributed by atoms with van der Waals surface area (Å²) in [6.07, 6.45) is 5.05. The van der Waals surface area contributed by atoms with Crippen molar-refractivity contribution in [2.75, 3.05) is 39.4 Å². The molecule has 0 bridgehead atoms. The number of ether oxygens (including phenoxy) is 2. The Labute approximate surface area is 115 Å². The average Bonchev–Trinajstić information content (AvgIpc) is 2.93. The first kappa shape index (κ1) is 14.8. The molecule has 5 heteroatoms. The van der Waals surface area contributed by atoms with Gasteiger partial charge in [-0.3, -0.25) is 9.69 Å². The van der Waals surface area contributed by atoms with E-state index in [1.807, 2.05) is 6.92 Å². The molecule has 19 heavy (non-hydrogen) atoms. The van der Waals surface area contributed by atoms with E-state index < -0.39 is 0 Å². The third-order valence-corrected chi connectivity index (χ3v) is 3.91. The van der Waals surface area contributed by atoms with Crippen molar-refractivity contribution in [2.24, 2.45) is 0 Å². The summed E-state index contributed by atoms with van der Waals surface area (Å²) in [6.45, 7) is 6.79. The Bertz CT molecular complexity index is 280. The van der Waals surface area contributed by atoms with Gasteiger partial charge in [-0.05, 0) is 39.2 Å². The second kappa shape index (κ2) is 7.82. The van der Waals surface area contributed by atoms with Crippen LogP contribution in [0.25, 0.3) is 0 Å². The van der Waals surface area contributed by atoms with Gasteiger partial charge in [-0.1, -0.05) is 0 Å². The lowest BCUT2D eigenvalue weighted by Crippen LogP contribution is -2.55. The van der Waals surface area contributed by atoms with E-state index in [0.29, 0.717) is 19.3 Å². The fourth-order valence-electron chi connectivity index (χ4n) is 2.88. The van der Waals surface area contributed by atoms with E-state index in [0.717, 1.165) is 39.1 Å². The van der Waals surface area contributed by atoms with Crippen molar-refractivity contribution in [1.82, 2.24) is 10.2 Å². The molecule has 2 unspecified atom stereocenters. The molecule has 2 atom stereocenters. The summed E-state index contributed by atoms with van der Waals surface area (Å²) in [5, 5.41) is 3.27. The largest absolute Gasteiger partial charge is 0.465 e. The lowest BCUT2D eigenvalue weighted by Gasteiger charge is -2.34. The summed E-state index contributed by atoms with van der Waals surface area (Å²) >= 11 is 0. The second-order valence-electron chi connectivity index (χ2n) is 5.29. The van der Waals surface area contributed by atoms with Crippen LogP contribution in [-0.2, 0) is 14.3 Å². The first-order valence-corrected chi connectivity index (χ1v) is 7.54. The highest BCUT2D eigenvalue weighted by Crippen LogP contribution is 2.17. The van der Waals surface area contributed by atoms with Crippen LogP contribution in [0, 0.1) is 0 Å². The van der Waals surface area contributed by atoms with Gasteiger partial charge in [0.15, 0.2) is 0 Å². The number of piperazine rings is 1. The lowest BCUT2D eigenvalue weighted by atomic mass is 10.1. The summed E-state index contributed by atoms with van der Waals surface area (Å²) < 4.78 is 10.8. The summed E-state index contributed by atoms with van der Waals surface area (Å²) in [7, 11) is 0. The maximum absolute atomic E-state index is 11.9. The standard InChI is InChI=1S/C14H26N2O3/c1-2-18-14(17)13-11-15-7-9-16(13)8-3-5-12-6-4-10-19-12/h12-13,15H,2-11H2,1H3. The summed E-state index contributed by atoms with van der Waals surface area (Å²) in [6, 6.07) is -0.113. The Hall–Kier alpha value is -0.650. The molecule has 0 radical (unpaired) electrons. The van der Waals surface area contributed by atoms with Crippen LogP contribution >= 0.6 is 0 Å². The summed E-state index contributed by atoms with van der Waals surface area (Å²) in [4.78, 5) is 14.2. The zero-order valence-corrected chi connectivity index (χ0v) is 11.9. The number of hydrogen-bond donors (Lipinski definition) is 1. The third kappa shape index (κ3) is 4.44. The average molecular weight is 270 g/mol. The van der Waals surface area contributed by atoms with Crippen molar-refractivity contribution in [3.63, 3.8) is 0 Å². The molecule has 5 nitrogen and oxygen atoms in total. The fraction of sp³-hybridized carbons (Fsp3) is 0.929. The molecule has 1 N–H and O–H groups in total. The Balaban J connectivity index is 1.73. The molecule has 0 amide bonds. The predicted molar refractivity (Wildman–Crippen MR) is 73.1 cm³/mol. The molecular weight excluding hydrogens is 244 g/mol. The Morgan fingerprint density at radius 2 is 2.42 bits per heavy atom. The van der Waals surface area contributed by atoms with E-state index >= 15 is 0 Å². The van der Waals surface area contributed by atoms with Gasteiger partial charge in [0.2, 0.25) is 0 Å². The zero-order valence-electron chi connectivity index (χ0n) is 11.9. The summed E-state index contributed by atoms with van der Waals surface area (Å²) in [5.74, 6) is -0.0909. The maximum Gasteiger partial charge on any atom is 0.324 e. The number of nitrogens with zero attached hydrogens (tertiary/aromatic N) is 1. The van der Waals surface area contributed by atoms with Crippen molar-refractivity contribution >= 4 is 5.97 Å². The normalized spacial score (nSPS) is 28.5. The van der Waals surface area contributed by atoms with E-state index in [1.54, 1.807) is 0 Å². The smallest absolute Gasteiger partial charge is 0.324 e. The molecule has 0 spiro atoms. The minimum atomic E-state index is -0.113. The first-order chi connectivity index (χ1) is 9.31. The highest BCUT2D eigenvalue weighted by molar-refractivity contribution is 5.76. The minimum Gasteiger partial charge on any atom is -0.465 e. The molecular formula is C14H26N2O3. The van der Waals surface area contributed by atoms with Crippen LogP contribution < -0.4 is 5.32 Å². The Morgan fingerprint density at radius 3 is 3.16 bits per heavy atom. The van der Waals surface area contributed by atoms with Crippen molar-refractivity contribution < 1.29 is 14.3 Å². The lowest BCUT2D eigenvalue weighted by molar-refractivity contribution is -0.150. The third-order valence-electron chi connectivity index (χ3n) is 3.91. The van der Waals surface area contributed by atoms with Crippen molar-refractivity contribution in [3.8, 4) is 0 Å². The highest BCUT2D eigenvalue weighted by atomic mass is 16.5. The van der Waals surface area contributed by atoms with Crippen LogP contribution in [0.5, 0.6) is 0 Å². The second-order valence-corrected chi connectivity index (χ2v) is 5.29. The summed E-state index contributed by atoms with van der Waals surface area (Å²) in [5.41, 5.74) is 0. The van der Waals surface area contributed by atoms with Crippen LogP contribution in [0.15, 0.2) is 0 Å². The topological polar surface area (TPSA) is 50.8 Å². The number of esters is 1. The van der Waals surface area contributed by atoms with E-state index in [-0.39, 0.29) is 12.0 Å². The van der Waals surface area contributed by atoms with Gasteiger partial charge >= 0.3 is 5.97 Å². The van der Waals surface area contributed by atoms with E-state index in [9.17, 15) is 4.79 Å². The molecule has 2 aliphatic rings. The predicted octanol–water partition coefficient (Wildman–Crippen LogP) is 0.783. The van der Waals surface area contributed by atoms with Gasteiger partial charge in [0.25, 0.3) is 0 Å². The van der Waals surface area contributed by atoms with E-state index in [2.05, 4.69) is 10.2 Å². The monoisotopic (exact) mass is 270 g/mol. The molecule has 0 aromatic carbocycles. The number of carbonyl (C=O) groups excluding carboxylic acids is 1. The molecule has 0 aromatic heterocycles. The van der Waals surface area contributed by atoms with Gasteiger partial charge in [-0.15, -0.1) is 0 Å². The maximum atomic E-state index is 11.9. The SMILES string of the molecule is CCOC(=O)C1CNCCN1CCCC1CCCO1. The minimum absolute atomic E-state index is 0.0909. The number of carbonyl (C=O) groups is 1. The van der Waals surface area contributed by atoms with Gasteiger partial charge in [0.1, 0.15) is 6.04 Å². The molecule has 2 saturated heterocycles. The van der Waals surface area contributed by atoms with Crippen LogP contribution in [0.1, 0.15) is 32.6 Å². The van der Waals surface area contributed by atoms with Crippen LogP contribution in [0.2, 0.25) is 0 Å². The van der Waals surface area contributed by atoms with Gasteiger partial charge in [0.05, 0.1) is 12.7 Å². The molecule has 2 heterocycles. The number of hydrogen-bond acceptors (Lipinski definition) is 5. The van der Waals surface area contributed by atoms with Crippen LogP contribution in [0.4, 0.5) is 0 Å². The molecule has 2 fully saturated rings. The van der Waals surface area contributed by atoms with E-state index in [4.69, 9.17) is 9.47 Å². The fourth-order valence-corrected chi connectivity index (χ4v) is 2.88. The molecule has 0 saturated carbocycles. The highest BCUT2D eigenvalue weighted by Gasteiger charge is 2.29. The van der Waals surface area contributed by atoms with Crippen LogP contribution in [-0.4, -0.2) is 62.4 Å². The quantitative estimate of drug-likeness (QED) is 0.723. The van der Waals surface area contributed by atoms with Gasteiger partial charge in [-0.2, -0.15) is 0 Å². The number of nitrogens with one attached hydrogen (secondary N) is 1. The zero-order chi connectivity index (χ0) is 13.5. The van der Waals surface area contributed by atoms with Crippen molar-refractivity contribution in [1.29, 1.82) is 0 Å². The molecule has 0 aromatic rings.